The molecule has 1 aliphatic rings. The van der Waals surface area contributed by atoms with Crippen molar-refractivity contribution in [1.82, 2.24) is 15.1 Å². The Morgan fingerprint density at radius 2 is 2.08 bits per heavy atom. The predicted octanol–water partition coefficient (Wildman–Crippen LogP) is 2.64. The van der Waals surface area contributed by atoms with E-state index in [2.05, 4.69) is 15.7 Å². The fraction of sp³-hybridized carbons (Fsp3) is 0.412. The van der Waals surface area contributed by atoms with Crippen LogP contribution in [-0.2, 0) is 6.54 Å². The summed E-state index contributed by atoms with van der Waals surface area (Å²) < 4.78 is 13.3. The predicted molar refractivity (Wildman–Crippen MR) is 90.5 cm³/mol. The number of aromatic nitrogens is 2. The van der Waals surface area contributed by atoms with Gasteiger partial charge in [-0.2, -0.15) is 5.10 Å². The third kappa shape index (κ3) is 4.18. The molecule has 2 heterocycles. The van der Waals surface area contributed by atoms with E-state index in [1.54, 1.807) is 17.1 Å². The van der Waals surface area contributed by atoms with Gasteiger partial charge in [-0.05, 0) is 32.9 Å². The molecule has 3 rings (SSSR count). The maximum Gasteiger partial charge on any atom is 0.319 e. The van der Waals surface area contributed by atoms with Crippen LogP contribution >= 0.6 is 0 Å². The lowest BCUT2D eigenvalue weighted by Crippen LogP contribution is -2.43. The molecule has 0 spiro atoms. The lowest BCUT2D eigenvalue weighted by atomic mass is 10.1. The fourth-order valence-corrected chi connectivity index (χ4v) is 2.39. The van der Waals surface area contributed by atoms with Crippen LogP contribution in [0.2, 0.25) is 0 Å². The van der Waals surface area contributed by atoms with Gasteiger partial charge in [0.2, 0.25) is 0 Å². The first-order valence-electron chi connectivity index (χ1n) is 7.89. The first-order chi connectivity index (χ1) is 11.4. The number of fused-ring (bicyclic) bond motifs is 1. The van der Waals surface area contributed by atoms with Gasteiger partial charge in [0.05, 0.1) is 18.4 Å². The molecule has 0 radical (unpaired) electrons. The Bertz CT molecular complexity index is 721. The molecule has 1 unspecified atom stereocenters. The topological polar surface area (TPSA) is 77.4 Å². The summed E-state index contributed by atoms with van der Waals surface area (Å²) in [7, 11) is 0. The molecule has 0 fully saturated rings. The number of anilines is 1. The number of para-hydroxylation sites is 2. The highest BCUT2D eigenvalue weighted by Crippen LogP contribution is 2.31. The summed E-state index contributed by atoms with van der Waals surface area (Å²) in [5, 5.41) is 9.86. The van der Waals surface area contributed by atoms with Crippen LogP contribution in [0, 0.1) is 0 Å². The van der Waals surface area contributed by atoms with E-state index < -0.39 is 0 Å². The maximum absolute atomic E-state index is 11.9. The molecule has 2 aromatic rings. The van der Waals surface area contributed by atoms with E-state index in [0.29, 0.717) is 18.8 Å². The van der Waals surface area contributed by atoms with Crippen LogP contribution in [0.25, 0.3) is 0 Å². The number of carbonyl (C=O) groups excluding carboxylic acids is 1. The second kappa shape index (κ2) is 6.43. The molecule has 0 saturated heterocycles. The van der Waals surface area contributed by atoms with E-state index >= 15 is 0 Å². The number of ether oxygens (including phenoxy) is 2. The molecule has 128 valence electrons. The third-order valence-electron chi connectivity index (χ3n) is 3.34. The monoisotopic (exact) mass is 330 g/mol. The standard InChI is InChI=1S/C17H22N4O3/c1-17(2,3)20-16(22)19-12-8-18-21(9-12)10-13-11-23-14-6-4-5-7-15(14)24-13/h4-9,13H,10-11H2,1-3H3,(H2,19,20,22). The zero-order chi connectivity index (χ0) is 17.2. The molecule has 0 aliphatic carbocycles. The van der Waals surface area contributed by atoms with Crippen molar-refractivity contribution >= 4 is 11.7 Å². The second-order valence-corrected chi connectivity index (χ2v) is 6.78. The van der Waals surface area contributed by atoms with E-state index in [4.69, 9.17) is 9.47 Å². The fourth-order valence-electron chi connectivity index (χ4n) is 2.39. The number of nitrogens with one attached hydrogen (secondary N) is 2. The maximum atomic E-state index is 11.9. The van der Waals surface area contributed by atoms with E-state index in [-0.39, 0.29) is 17.7 Å². The lowest BCUT2D eigenvalue weighted by molar-refractivity contribution is 0.0759. The Balaban J connectivity index is 1.56. The van der Waals surface area contributed by atoms with E-state index in [0.717, 1.165) is 11.5 Å². The van der Waals surface area contributed by atoms with Gasteiger partial charge in [0.1, 0.15) is 6.61 Å². The first-order valence-corrected chi connectivity index (χ1v) is 7.89. The van der Waals surface area contributed by atoms with Gasteiger partial charge in [0.25, 0.3) is 0 Å². The molecular formula is C17H22N4O3. The molecule has 1 atom stereocenters. The molecule has 0 bridgehead atoms. The number of amides is 2. The van der Waals surface area contributed by atoms with Gasteiger partial charge in [-0.1, -0.05) is 12.1 Å². The zero-order valence-corrected chi connectivity index (χ0v) is 14.1. The quantitative estimate of drug-likeness (QED) is 0.907. The summed E-state index contributed by atoms with van der Waals surface area (Å²) >= 11 is 0. The normalized spacial score (nSPS) is 16.5. The molecule has 1 aliphatic heterocycles. The van der Waals surface area contributed by atoms with Crippen LogP contribution in [0.3, 0.4) is 0 Å². The summed E-state index contributed by atoms with van der Waals surface area (Å²) in [6, 6.07) is 7.34. The smallest absolute Gasteiger partial charge is 0.319 e. The number of rotatable bonds is 3. The van der Waals surface area contributed by atoms with Gasteiger partial charge < -0.3 is 20.1 Å². The van der Waals surface area contributed by atoms with Crippen LogP contribution in [0.15, 0.2) is 36.7 Å². The molecule has 0 saturated carbocycles. The second-order valence-electron chi connectivity index (χ2n) is 6.78. The van der Waals surface area contributed by atoms with Crippen molar-refractivity contribution in [2.45, 2.75) is 39.0 Å². The number of carbonyl (C=O) groups is 1. The molecule has 7 heteroatoms. The number of urea groups is 1. The van der Waals surface area contributed by atoms with Gasteiger partial charge in [-0.15, -0.1) is 0 Å². The van der Waals surface area contributed by atoms with Gasteiger partial charge in [-0.3, -0.25) is 4.68 Å². The van der Waals surface area contributed by atoms with Crippen LogP contribution in [0.1, 0.15) is 20.8 Å². The molecule has 1 aromatic heterocycles. The Kier molecular flexibility index (Phi) is 4.33. The van der Waals surface area contributed by atoms with E-state index in [1.807, 2.05) is 45.0 Å². The Hall–Kier alpha value is -2.70. The SMILES string of the molecule is CC(C)(C)NC(=O)Nc1cnn(CC2COc3ccccc3O2)c1. The van der Waals surface area contributed by atoms with Gasteiger partial charge >= 0.3 is 6.03 Å². The number of hydrogen-bond acceptors (Lipinski definition) is 4. The Labute approximate surface area is 140 Å². The Morgan fingerprint density at radius 3 is 2.83 bits per heavy atom. The average Bonchev–Trinajstić information content (AvgIpc) is 2.92. The highest BCUT2D eigenvalue weighted by atomic mass is 16.6. The van der Waals surface area contributed by atoms with Crippen molar-refractivity contribution in [1.29, 1.82) is 0 Å². The largest absolute Gasteiger partial charge is 0.486 e. The van der Waals surface area contributed by atoms with Crippen molar-refractivity contribution < 1.29 is 14.3 Å². The lowest BCUT2D eigenvalue weighted by Gasteiger charge is -2.26. The van der Waals surface area contributed by atoms with Crippen LogP contribution in [0.5, 0.6) is 11.5 Å². The zero-order valence-electron chi connectivity index (χ0n) is 14.1. The average molecular weight is 330 g/mol. The minimum atomic E-state index is -0.291. The van der Waals surface area contributed by atoms with Crippen molar-refractivity contribution in [2.75, 3.05) is 11.9 Å². The van der Waals surface area contributed by atoms with Gasteiger partial charge in [-0.25, -0.2) is 4.79 Å². The Morgan fingerprint density at radius 1 is 1.33 bits per heavy atom. The number of benzene rings is 1. The first kappa shape index (κ1) is 16.2. The van der Waals surface area contributed by atoms with Crippen molar-refractivity contribution in [3.63, 3.8) is 0 Å². The molecule has 24 heavy (non-hydrogen) atoms. The van der Waals surface area contributed by atoms with Crippen molar-refractivity contribution in [3.05, 3.63) is 36.7 Å². The minimum absolute atomic E-state index is 0.129. The van der Waals surface area contributed by atoms with Crippen molar-refractivity contribution in [3.8, 4) is 11.5 Å². The highest BCUT2D eigenvalue weighted by molar-refractivity contribution is 5.89. The summed E-state index contributed by atoms with van der Waals surface area (Å²) in [5.41, 5.74) is 0.342. The third-order valence-corrected chi connectivity index (χ3v) is 3.34. The van der Waals surface area contributed by atoms with Crippen LogP contribution in [0.4, 0.5) is 10.5 Å². The van der Waals surface area contributed by atoms with Crippen LogP contribution in [-0.4, -0.2) is 34.1 Å². The molecule has 7 nitrogen and oxygen atoms in total. The highest BCUT2D eigenvalue weighted by Gasteiger charge is 2.21. The van der Waals surface area contributed by atoms with E-state index in [9.17, 15) is 4.79 Å². The summed E-state index contributed by atoms with van der Waals surface area (Å²) in [6.07, 6.45) is 3.25. The van der Waals surface area contributed by atoms with Gasteiger partial charge in [0, 0.05) is 11.7 Å². The number of nitrogens with zero attached hydrogens (tertiary/aromatic N) is 2. The molecule has 1 aromatic carbocycles. The van der Waals surface area contributed by atoms with E-state index in [1.165, 1.54) is 0 Å². The molecule has 2 N–H and O–H groups in total. The van der Waals surface area contributed by atoms with Gasteiger partial charge in [0.15, 0.2) is 17.6 Å². The minimum Gasteiger partial charge on any atom is -0.486 e. The molecule has 2 amide bonds. The van der Waals surface area contributed by atoms with Crippen molar-refractivity contribution in [2.24, 2.45) is 0 Å². The summed E-state index contributed by atoms with van der Waals surface area (Å²) in [6.45, 7) is 6.78. The van der Waals surface area contributed by atoms with Crippen LogP contribution < -0.4 is 20.1 Å². The number of hydrogen-bond donors (Lipinski definition) is 2. The summed E-state index contributed by atoms with van der Waals surface area (Å²) in [5.74, 6) is 1.50. The molecular weight excluding hydrogens is 308 g/mol. The summed E-state index contributed by atoms with van der Waals surface area (Å²) in [4.78, 5) is 11.9.